The van der Waals surface area contributed by atoms with Crippen LogP contribution in [0.3, 0.4) is 0 Å². The van der Waals surface area contributed by atoms with Gasteiger partial charge in [-0.3, -0.25) is 4.79 Å². The SMILES string of the molecule is CC(C)(C#N)c1ccc(NC(=O)N2C[C@@H]3CCC[C@@]3(C(=O)O)C2)cc1. The lowest BCUT2D eigenvalue weighted by Gasteiger charge is -2.23. The van der Waals surface area contributed by atoms with Gasteiger partial charge in [0.05, 0.1) is 16.9 Å². The zero-order chi connectivity index (χ0) is 18.2. The predicted octanol–water partition coefficient (Wildman–Crippen LogP) is 3.21. The Bertz CT molecular complexity index is 735. The number of nitrogens with one attached hydrogen (secondary N) is 1. The van der Waals surface area contributed by atoms with Gasteiger partial charge in [0.2, 0.25) is 0 Å². The zero-order valence-corrected chi connectivity index (χ0v) is 14.6. The highest BCUT2D eigenvalue weighted by molar-refractivity contribution is 5.90. The van der Waals surface area contributed by atoms with E-state index in [4.69, 9.17) is 0 Å². The molecule has 0 aromatic heterocycles. The summed E-state index contributed by atoms with van der Waals surface area (Å²) in [5.74, 6) is -0.733. The van der Waals surface area contributed by atoms with Crippen molar-refractivity contribution in [1.29, 1.82) is 5.26 Å². The molecule has 0 bridgehead atoms. The largest absolute Gasteiger partial charge is 0.481 e. The third-order valence-electron chi connectivity index (χ3n) is 5.72. The summed E-state index contributed by atoms with van der Waals surface area (Å²) in [6, 6.07) is 9.19. The minimum Gasteiger partial charge on any atom is -0.481 e. The van der Waals surface area contributed by atoms with Crippen molar-refractivity contribution in [3.8, 4) is 6.07 Å². The van der Waals surface area contributed by atoms with Gasteiger partial charge < -0.3 is 15.3 Å². The number of likely N-dealkylation sites (tertiary alicyclic amines) is 1. The average Bonchev–Trinajstić information content (AvgIpc) is 3.13. The van der Waals surface area contributed by atoms with Crippen molar-refractivity contribution < 1.29 is 14.7 Å². The summed E-state index contributed by atoms with van der Waals surface area (Å²) >= 11 is 0. The summed E-state index contributed by atoms with van der Waals surface area (Å²) in [6.45, 7) is 4.46. The molecule has 6 heteroatoms. The van der Waals surface area contributed by atoms with Crippen molar-refractivity contribution in [3.05, 3.63) is 29.8 Å². The Hall–Kier alpha value is -2.55. The molecule has 2 aliphatic rings. The number of hydrogen-bond acceptors (Lipinski definition) is 3. The molecule has 0 unspecified atom stereocenters. The van der Waals surface area contributed by atoms with Gasteiger partial charge in [-0.2, -0.15) is 5.26 Å². The van der Waals surface area contributed by atoms with Gasteiger partial charge in [-0.15, -0.1) is 0 Å². The van der Waals surface area contributed by atoms with Gasteiger partial charge in [-0.1, -0.05) is 18.6 Å². The van der Waals surface area contributed by atoms with E-state index in [1.54, 1.807) is 17.0 Å². The fraction of sp³-hybridized carbons (Fsp3) is 0.526. The number of carboxylic acids is 1. The third kappa shape index (κ3) is 2.95. The number of nitriles is 1. The fourth-order valence-electron chi connectivity index (χ4n) is 4.03. The van der Waals surface area contributed by atoms with E-state index in [-0.39, 0.29) is 18.5 Å². The molecule has 1 heterocycles. The molecule has 2 N–H and O–H groups in total. The minimum atomic E-state index is -0.784. The fourth-order valence-corrected chi connectivity index (χ4v) is 4.03. The van der Waals surface area contributed by atoms with Crippen LogP contribution >= 0.6 is 0 Å². The molecule has 1 aromatic carbocycles. The number of hydrogen-bond donors (Lipinski definition) is 2. The number of carbonyl (C=O) groups excluding carboxylic acids is 1. The smallest absolute Gasteiger partial charge is 0.321 e. The molecule has 1 saturated heterocycles. The Morgan fingerprint density at radius 1 is 1.36 bits per heavy atom. The lowest BCUT2D eigenvalue weighted by Crippen LogP contribution is -2.38. The van der Waals surface area contributed by atoms with Crippen LogP contribution in [0.5, 0.6) is 0 Å². The van der Waals surface area contributed by atoms with Crippen molar-refractivity contribution in [1.82, 2.24) is 4.90 Å². The van der Waals surface area contributed by atoms with Crippen LogP contribution in [0.25, 0.3) is 0 Å². The molecule has 1 aliphatic heterocycles. The monoisotopic (exact) mass is 341 g/mol. The molecule has 132 valence electrons. The van der Waals surface area contributed by atoms with E-state index in [0.29, 0.717) is 18.7 Å². The van der Waals surface area contributed by atoms with Gasteiger partial charge in [-0.05, 0) is 50.3 Å². The molecule has 1 saturated carbocycles. The van der Waals surface area contributed by atoms with Crippen LogP contribution in [0, 0.1) is 22.7 Å². The van der Waals surface area contributed by atoms with E-state index in [2.05, 4.69) is 11.4 Å². The van der Waals surface area contributed by atoms with E-state index in [9.17, 15) is 20.0 Å². The number of fused-ring (bicyclic) bond motifs is 1. The highest BCUT2D eigenvalue weighted by atomic mass is 16.4. The van der Waals surface area contributed by atoms with E-state index in [0.717, 1.165) is 18.4 Å². The number of carbonyl (C=O) groups is 2. The Balaban J connectivity index is 1.68. The minimum absolute atomic E-state index is 0.0505. The quantitative estimate of drug-likeness (QED) is 0.883. The summed E-state index contributed by atoms with van der Waals surface area (Å²) in [4.78, 5) is 25.8. The zero-order valence-electron chi connectivity index (χ0n) is 14.6. The van der Waals surface area contributed by atoms with Gasteiger partial charge >= 0.3 is 12.0 Å². The number of carboxylic acid groups (broad SMARTS) is 1. The Morgan fingerprint density at radius 3 is 2.60 bits per heavy atom. The summed E-state index contributed by atoms with van der Waals surface area (Å²) in [5, 5.41) is 21.6. The van der Waals surface area contributed by atoms with Crippen LogP contribution in [-0.4, -0.2) is 35.1 Å². The Kier molecular flexibility index (Phi) is 4.19. The molecule has 2 fully saturated rings. The molecule has 2 amide bonds. The molecular formula is C19H23N3O3. The Morgan fingerprint density at radius 2 is 2.04 bits per heavy atom. The van der Waals surface area contributed by atoms with E-state index < -0.39 is 16.8 Å². The van der Waals surface area contributed by atoms with Crippen LogP contribution < -0.4 is 5.32 Å². The maximum absolute atomic E-state index is 12.5. The molecular weight excluding hydrogens is 318 g/mol. The molecule has 3 rings (SSSR count). The Labute approximate surface area is 147 Å². The molecule has 0 spiro atoms. The summed E-state index contributed by atoms with van der Waals surface area (Å²) in [6.07, 6.45) is 2.44. The first-order valence-corrected chi connectivity index (χ1v) is 8.60. The third-order valence-corrected chi connectivity index (χ3v) is 5.72. The van der Waals surface area contributed by atoms with Crippen LogP contribution in [0.1, 0.15) is 38.7 Å². The number of rotatable bonds is 3. The molecule has 2 atom stereocenters. The second-order valence-electron chi connectivity index (χ2n) is 7.68. The number of anilines is 1. The topological polar surface area (TPSA) is 93.4 Å². The van der Waals surface area contributed by atoms with Gasteiger partial charge in [-0.25, -0.2) is 4.79 Å². The number of aliphatic carboxylic acids is 1. The second kappa shape index (κ2) is 6.07. The molecule has 1 aliphatic carbocycles. The van der Waals surface area contributed by atoms with E-state index >= 15 is 0 Å². The van der Waals surface area contributed by atoms with Crippen molar-refractivity contribution in [2.24, 2.45) is 11.3 Å². The first kappa shape index (κ1) is 17.3. The first-order valence-electron chi connectivity index (χ1n) is 8.60. The molecule has 0 radical (unpaired) electrons. The van der Waals surface area contributed by atoms with E-state index in [1.807, 2.05) is 26.0 Å². The predicted molar refractivity (Wildman–Crippen MR) is 93.1 cm³/mol. The highest BCUT2D eigenvalue weighted by Gasteiger charge is 2.55. The van der Waals surface area contributed by atoms with Gasteiger partial charge in [0, 0.05) is 18.8 Å². The number of urea groups is 1. The standard InChI is InChI=1S/C19H23N3O3/c1-18(2,11-20)13-5-7-15(8-6-13)21-17(25)22-10-14-4-3-9-19(14,12-22)16(23)24/h5-8,14H,3-4,9-10,12H2,1-2H3,(H,21,25)(H,23,24)/t14-,19+/m0/s1. The van der Waals surface area contributed by atoms with E-state index in [1.165, 1.54) is 0 Å². The molecule has 25 heavy (non-hydrogen) atoms. The maximum Gasteiger partial charge on any atom is 0.321 e. The highest BCUT2D eigenvalue weighted by Crippen LogP contribution is 2.48. The van der Waals surface area contributed by atoms with Crippen LogP contribution in [0.2, 0.25) is 0 Å². The number of benzene rings is 1. The summed E-state index contributed by atoms with van der Waals surface area (Å²) in [7, 11) is 0. The number of amides is 2. The van der Waals surface area contributed by atoms with Crippen molar-refractivity contribution >= 4 is 17.7 Å². The first-order chi connectivity index (χ1) is 11.8. The molecule has 6 nitrogen and oxygen atoms in total. The van der Waals surface area contributed by atoms with Gasteiger partial charge in [0.1, 0.15) is 0 Å². The number of nitrogens with zero attached hydrogens (tertiary/aromatic N) is 2. The average molecular weight is 341 g/mol. The normalized spacial score (nSPS) is 25.3. The van der Waals surface area contributed by atoms with Crippen molar-refractivity contribution in [2.75, 3.05) is 18.4 Å². The lowest BCUT2D eigenvalue weighted by molar-refractivity contribution is -0.149. The van der Waals surface area contributed by atoms with Crippen LogP contribution in [0.4, 0.5) is 10.5 Å². The van der Waals surface area contributed by atoms with Gasteiger partial charge in [0.25, 0.3) is 0 Å². The van der Waals surface area contributed by atoms with Crippen LogP contribution in [-0.2, 0) is 10.2 Å². The maximum atomic E-state index is 12.5. The van der Waals surface area contributed by atoms with Gasteiger partial charge in [0.15, 0.2) is 0 Å². The second-order valence-corrected chi connectivity index (χ2v) is 7.68. The molecule has 1 aromatic rings. The summed E-state index contributed by atoms with van der Waals surface area (Å²) < 4.78 is 0. The summed E-state index contributed by atoms with van der Waals surface area (Å²) in [5.41, 5.74) is 0.179. The van der Waals surface area contributed by atoms with Crippen LogP contribution in [0.15, 0.2) is 24.3 Å². The van der Waals surface area contributed by atoms with Crippen molar-refractivity contribution in [2.45, 2.75) is 38.5 Å². The van der Waals surface area contributed by atoms with Crippen molar-refractivity contribution in [3.63, 3.8) is 0 Å². The lowest BCUT2D eigenvalue weighted by atomic mass is 9.81.